The molecule has 3 aromatic carbocycles. The quantitative estimate of drug-likeness (QED) is 0.416. The van der Waals surface area contributed by atoms with Gasteiger partial charge in [0.2, 0.25) is 0 Å². The largest absolute Gasteiger partial charge is 0.464 e. The second kappa shape index (κ2) is 9.81. The highest BCUT2D eigenvalue weighted by atomic mass is 16.6. The third-order valence-electron chi connectivity index (χ3n) is 6.46. The number of hydrogen-bond donors (Lipinski definition) is 1. The molecule has 0 aliphatic heterocycles. The van der Waals surface area contributed by atoms with Gasteiger partial charge < -0.3 is 14.8 Å². The zero-order valence-electron chi connectivity index (χ0n) is 22.0. The summed E-state index contributed by atoms with van der Waals surface area (Å²) in [5, 5.41) is 2.88. The van der Waals surface area contributed by atoms with Crippen LogP contribution in [0, 0.1) is 13.8 Å². The molecular weight excluding hydrogens is 450 g/mol. The molecule has 0 unspecified atom stereocenters. The molecule has 36 heavy (non-hydrogen) atoms. The number of benzene rings is 3. The van der Waals surface area contributed by atoms with Crippen LogP contribution in [0.5, 0.6) is 0 Å². The topological polar surface area (TPSA) is 64.6 Å². The molecule has 5 heteroatoms. The van der Waals surface area contributed by atoms with E-state index < -0.39 is 23.2 Å². The predicted octanol–water partition coefficient (Wildman–Crippen LogP) is 6.56. The van der Waals surface area contributed by atoms with Crippen molar-refractivity contribution in [1.82, 2.24) is 5.32 Å². The first-order valence-electron chi connectivity index (χ1n) is 12.5. The molecule has 0 aromatic heterocycles. The highest BCUT2D eigenvalue weighted by molar-refractivity contribution is 5.90. The maximum Gasteiger partial charge on any atom is 0.408 e. The summed E-state index contributed by atoms with van der Waals surface area (Å²) < 4.78 is 10.9. The molecule has 0 spiro atoms. The average Bonchev–Trinajstić information content (AvgIpc) is 3.16. The first-order chi connectivity index (χ1) is 17.0. The SMILES string of the molecule is CCOC(=O)C1(NC(=O)OC(C)(C)C)Cc2cc(-c3ccc(C)cc3)c(-c3ccc(C)cc3)cc2C1. The number of fused-ring (bicyclic) bond motifs is 1. The average molecular weight is 486 g/mol. The fourth-order valence-electron chi connectivity index (χ4n) is 4.73. The molecule has 0 bridgehead atoms. The van der Waals surface area contributed by atoms with Crippen LogP contribution in [-0.2, 0) is 27.1 Å². The molecule has 0 saturated heterocycles. The van der Waals surface area contributed by atoms with E-state index in [2.05, 4.69) is 79.8 Å². The summed E-state index contributed by atoms with van der Waals surface area (Å²) in [5.74, 6) is -0.444. The van der Waals surface area contributed by atoms with E-state index in [4.69, 9.17) is 9.47 Å². The Kier molecular flexibility index (Phi) is 6.94. The van der Waals surface area contributed by atoms with Gasteiger partial charge >= 0.3 is 12.1 Å². The lowest BCUT2D eigenvalue weighted by molar-refractivity contribution is -0.150. The van der Waals surface area contributed by atoms with Crippen LogP contribution in [-0.4, -0.2) is 29.8 Å². The predicted molar refractivity (Wildman–Crippen MR) is 143 cm³/mol. The summed E-state index contributed by atoms with van der Waals surface area (Å²) in [6, 6.07) is 21.2. The van der Waals surface area contributed by atoms with Crippen molar-refractivity contribution in [1.29, 1.82) is 0 Å². The van der Waals surface area contributed by atoms with Crippen LogP contribution in [0.25, 0.3) is 22.3 Å². The monoisotopic (exact) mass is 485 g/mol. The molecule has 3 aromatic rings. The summed E-state index contributed by atoms with van der Waals surface area (Å²) in [5.41, 5.74) is 6.93. The third-order valence-corrected chi connectivity index (χ3v) is 6.46. The van der Waals surface area contributed by atoms with E-state index in [-0.39, 0.29) is 6.61 Å². The van der Waals surface area contributed by atoms with E-state index >= 15 is 0 Å². The van der Waals surface area contributed by atoms with Gasteiger partial charge in [0.1, 0.15) is 11.1 Å². The van der Waals surface area contributed by atoms with Crippen LogP contribution in [0.2, 0.25) is 0 Å². The molecule has 188 valence electrons. The summed E-state index contributed by atoms with van der Waals surface area (Å²) in [4.78, 5) is 26.0. The second-order valence-electron chi connectivity index (χ2n) is 10.7. The molecule has 1 amide bonds. The fourth-order valence-corrected chi connectivity index (χ4v) is 4.73. The number of alkyl carbamates (subject to hydrolysis) is 1. The fraction of sp³-hybridized carbons (Fsp3) is 0.355. The Labute approximate surface area is 213 Å². The van der Waals surface area contributed by atoms with Gasteiger partial charge in [-0.25, -0.2) is 9.59 Å². The minimum atomic E-state index is -1.21. The van der Waals surface area contributed by atoms with E-state index in [1.807, 2.05) is 0 Å². The van der Waals surface area contributed by atoms with Crippen LogP contribution in [0.15, 0.2) is 60.7 Å². The highest BCUT2D eigenvalue weighted by Crippen LogP contribution is 2.40. The summed E-state index contributed by atoms with van der Waals surface area (Å²) in [6.07, 6.45) is 0.0573. The second-order valence-corrected chi connectivity index (χ2v) is 10.7. The zero-order valence-corrected chi connectivity index (χ0v) is 22.0. The Morgan fingerprint density at radius 1 is 0.833 bits per heavy atom. The van der Waals surface area contributed by atoms with Gasteiger partial charge in [0, 0.05) is 12.8 Å². The van der Waals surface area contributed by atoms with Gasteiger partial charge in [-0.1, -0.05) is 71.8 Å². The number of carbonyl (C=O) groups is 2. The molecule has 0 heterocycles. The van der Waals surface area contributed by atoms with Crippen molar-refractivity contribution in [3.8, 4) is 22.3 Å². The lowest BCUT2D eigenvalue weighted by Crippen LogP contribution is -2.57. The molecule has 5 nitrogen and oxygen atoms in total. The van der Waals surface area contributed by atoms with E-state index in [9.17, 15) is 9.59 Å². The summed E-state index contributed by atoms with van der Waals surface area (Å²) >= 11 is 0. The Morgan fingerprint density at radius 3 is 1.67 bits per heavy atom. The zero-order chi connectivity index (χ0) is 26.1. The third kappa shape index (κ3) is 5.46. The van der Waals surface area contributed by atoms with Gasteiger partial charge in [-0.05, 0) is 74.9 Å². The molecule has 1 aliphatic carbocycles. The lowest BCUT2D eigenvalue weighted by atomic mass is 9.90. The van der Waals surface area contributed by atoms with E-state index in [1.165, 1.54) is 11.1 Å². The lowest BCUT2D eigenvalue weighted by Gasteiger charge is -2.29. The number of aryl methyl sites for hydroxylation is 2. The highest BCUT2D eigenvalue weighted by Gasteiger charge is 2.47. The molecular formula is C31H35NO4. The van der Waals surface area contributed by atoms with Crippen molar-refractivity contribution < 1.29 is 19.1 Å². The molecule has 0 atom stereocenters. The van der Waals surface area contributed by atoms with Crippen molar-refractivity contribution >= 4 is 12.1 Å². The number of rotatable bonds is 5. The number of ether oxygens (including phenoxy) is 2. The van der Waals surface area contributed by atoms with Gasteiger partial charge in [0.05, 0.1) is 6.61 Å². The molecule has 4 rings (SSSR count). The van der Waals surface area contributed by atoms with Crippen LogP contribution in [0.3, 0.4) is 0 Å². The first-order valence-corrected chi connectivity index (χ1v) is 12.5. The van der Waals surface area contributed by atoms with Gasteiger partial charge in [0.15, 0.2) is 0 Å². The maximum absolute atomic E-state index is 13.2. The minimum absolute atomic E-state index is 0.232. The van der Waals surface area contributed by atoms with Crippen molar-refractivity contribution in [2.45, 2.75) is 65.5 Å². The van der Waals surface area contributed by atoms with Crippen LogP contribution in [0.4, 0.5) is 4.79 Å². The molecule has 0 fully saturated rings. The van der Waals surface area contributed by atoms with Gasteiger partial charge in [-0.2, -0.15) is 0 Å². The number of nitrogens with one attached hydrogen (secondary N) is 1. The minimum Gasteiger partial charge on any atom is -0.464 e. The Bertz CT molecular complexity index is 1190. The smallest absolute Gasteiger partial charge is 0.408 e. The van der Waals surface area contributed by atoms with E-state index in [0.29, 0.717) is 12.8 Å². The Balaban J connectivity index is 1.80. The number of hydrogen-bond acceptors (Lipinski definition) is 4. The number of carbonyl (C=O) groups excluding carboxylic acids is 2. The van der Waals surface area contributed by atoms with Crippen LogP contribution < -0.4 is 5.32 Å². The van der Waals surface area contributed by atoms with Gasteiger partial charge in [0.25, 0.3) is 0 Å². The van der Waals surface area contributed by atoms with Crippen molar-refractivity contribution in [2.75, 3.05) is 6.61 Å². The van der Waals surface area contributed by atoms with Gasteiger partial charge in [-0.3, -0.25) is 0 Å². The van der Waals surface area contributed by atoms with Gasteiger partial charge in [-0.15, -0.1) is 0 Å². The molecule has 0 radical (unpaired) electrons. The summed E-state index contributed by atoms with van der Waals surface area (Å²) in [7, 11) is 0. The standard InChI is InChI=1S/C31H35NO4/c1-7-35-28(33)31(32-29(34)36-30(4,5)6)18-24-16-26(22-12-8-20(2)9-13-22)27(17-25(24)19-31)23-14-10-21(3)11-15-23/h8-17H,7,18-19H2,1-6H3,(H,32,34). The van der Waals surface area contributed by atoms with E-state index in [1.54, 1.807) is 27.7 Å². The molecule has 1 N–H and O–H groups in total. The van der Waals surface area contributed by atoms with Crippen LogP contribution >= 0.6 is 0 Å². The van der Waals surface area contributed by atoms with Crippen molar-refractivity contribution in [2.24, 2.45) is 0 Å². The summed E-state index contributed by atoms with van der Waals surface area (Å²) in [6.45, 7) is 11.5. The number of amides is 1. The Morgan fingerprint density at radius 2 is 1.28 bits per heavy atom. The van der Waals surface area contributed by atoms with Crippen molar-refractivity contribution in [3.05, 3.63) is 82.9 Å². The first kappa shape index (κ1) is 25.5. The Hall–Kier alpha value is -3.60. The normalized spacial score (nSPS) is 14.2. The molecule has 1 aliphatic rings. The van der Waals surface area contributed by atoms with Crippen LogP contribution in [0.1, 0.15) is 49.9 Å². The maximum atomic E-state index is 13.2. The number of esters is 1. The molecule has 0 saturated carbocycles. The van der Waals surface area contributed by atoms with E-state index in [0.717, 1.165) is 33.4 Å². The van der Waals surface area contributed by atoms with Crippen molar-refractivity contribution in [3.63, 3.8) is 0 Å².